The van der Waals surface area contributed by atoms with Crippen LogP contribution in [0.25, 0.3) is 0 Å². The number of hydrogen-bond acceptors (Lipinski definition) is 2. The number of hydrogen-bond donors (Lipinski definition) is 1. The van der Waals surface area contributed by atoms with Crippen LogP contribution in [0.2, 0.25) is 0 Å². The van der Waals surface area contributed by atoms with Crippen LogP contribution in [0, 0.1) is 3.57 Å². The molecule has 0 aliphatic heterocycles. The van der Waals surface area contributed by atoms with E-state index in [9.17, 15) is 5.11 Å². The van der Waals surface area contributed by atoms with Crippen molar-refractivity contribution in [2.45, 2.75) is 12.5 Å². The summed E-state index contributed by atoms with van der Waals surface area (Å²) in [6.07, 6.45) is 3.52. The molecule has 0 spiro atoms. The smallest absolute Gasteiger partial charge is 0.130 e. The van der Waals surface area contributed by atoms with E-state index in [1.165, 1.54) is 0 Å². The zero-order valence-electron chi connectivity index (χ0n) is 9.18. The van der Waals surface area contributed by atoms with Crippen LogP contribution in [0.5, 0.6) is 0 Å². The Labute approximate surface area is 108 Å². The monoisotopic (exact) mass is 328 g/mol. The van der Waals surface area contributed by atoms with Crippen molar-refractivity contribution in [2.24, 2.45) is 7.05 Å². The summed E-state index contributed by atoms with van der Waals surface area (Å²) in [6.45, 7) is 1.76. The normalized spacial score (nSPS) is 14.8. The standard InChI is InChI=1S/C12H13IN2O/c1-12(16,11-7-15(2)8-14-11)9-3-5-10(13)6-4-9/h3-8,16H,1-2H3/t12-/m1/s1. The summed E-state index contributed by atoms with van der Waals surface area (Å²) in [7, 11) is 1.89. The summed E-state index contributed by atoms with van der Waals surface area (Å²) < 4.78 is 2.98. The van der Waals surface area contributed by atoms with Gasteiger partial charge in [0, 0.05) is 16.8 Å². The first-order valence-corrected chi connectivity index (χ1v) is 6.05. The molecule has 1 aromatic carbocycles. The van der Waals surface area contributed by atoms with E-state index in [0.717, 1.165) is 9.13 Å². The van der Waals surface area contributed by atoms with Crippen LogP contribution >= 0.6 is 22.6 Å². The molecule has 1 N–H and O–H groups in total. The fourth-order valence-corrected chi connectivity index (χ4v) is 1.95. The first-order chi connectivity index (χ1) is 7.50. The molecule has 0 amide bonds. The van der Waals surface area contributed by atoms with Gasteiger partial charge in [-0.25, -0.2) is 4.98 Å². The summed E-state index contributed by atoms with van der Waals surface area (Å²) in [4.78, 5) is 4.20. The van der Waals surface area contributed by atoms with Crippen LogP contribution in [0.1, 0.15) is 18.2 Å². The van der Waals surface area contributed by atoms with E-state index in [4.69, 9.17) is 0 Å². The molecule has 2 rings (SSSR count). The topological polar surface area (TPSA) is 38.0 Å². The molecule has 84 valence electrons. The number of halogens is 1. The Balaban J connectivity index is 2.42. The first-order valence-electron chi connectivity index (χ1n) is 4.97. The maximum absolute atomic E-state index is 10.5. The second-order valence-electron chi connectivity index (χ2n) is 4.00. The van der Waals surface area contributed by atoms with Crippen LogP contribution in [0.15, 0.2) is 36.8 Å². The zero-order valence-corrected chi connectivity index (χ0v) is 11.3. The molecule has 0 unspecified atom stereocenters. The molecule has 0 fully saturated rings. The summed E-state index contributed by atoms with van der Waals surface area (Å²) in [5.41, 5.74) is 0.480. The molecule has 1 atom stereocenters. The van der Waals surface area contributed by atoms with Gasteiger partial charge in [0.1, 0.15) is 5.60 Å². The van der Waals surface area contributed by atoms with Gasteiger partial charge in [-0.1, -0.05) is 12.1 Å². The minimum atomic E-state index is -1.04. The third kappa shape index (κ3) is 2.12. The van der Waals surface area contributed by atoms with Crippen LogP contribution in [-0.4, -0.2) is 14.7 Å². The van der Waals surface area contributed by atoms with Crippen molar-refractivity contribution in [3.8, 4) is 0 Å². The Hall–Kier alpha value is -0.880. The van der Waals surface area contributed by atoms with Gasteiger partial charge in [0.15, 0.2) is 0 Å². The Morgan fingerprint density at radius 1 is 1.31 bits per heavy atom. The molecule has 0 saturated carbocycles. The van der Waals surface area contributed by atoms with Crippen molar-refractivity contribution in [1.82, 2.24) is 9.55 Å². The number of aryl methyl sites for hydroxylation is 1. The Morgan fingerprint density at radius 3 is 2.44 bits per heavy atom. The molecule has 0 aliphatic rings. The molecular formula is C12H13IN2O. The lowest BCUT2D eigenvalue weighted by Gasteiger charge is -2.21. The van der Waals surface area contributed by atoms with Gasteiger partial charge in [0.25, 0.3) is 0 Å². The van der Waals surface area contributed by atoms with Crippen molar-refractivity contribution in [3.05, 3.63) is 51.6 Å². The molecule has 0 aliphatic carbocycles. The second-order valence-corrected chi connectivity index (χ2v) is 5.25. The molecule has 0 bridgehead atoms. The van der Waals surface area contributed by atoms with Crippen molar-refractivity contribution in [2.75, 3.05) is 0 Å². The third-order valence-corrected chi connectivity index (χ3v) is 3.33. The van der Waals surface area contributed by atoms with E-state index in [1.54, 1.807) is 13.3 Å². The quantitative estimate of drug-likeness (QED) is 0.859. The maximum atomic E-state index is 10.5. The van der Waals surface area contributed by atoms with Crippen molar-refractivity contribution in [1.29, 1.82) is 0 Å². The van der Waals surface area contributed by atoms with Crippen LogP contribution in [-0.2, 0) is 12.6 Å². The molecule has 1 heterocycles. The predicted molar refractivity (Wildman–Crippen MR) is 71.0 cm³/mol. The number of benzene rings is 1. The number of aliphatic hydroxyl groups is 1. The second kappa shape index (κ2) is 4.18. The highest BCUT2D eigenvalue weighted by Gasteiger charge is 2.27. The van der Waals surface area contributed by atoms with Gasteiger partial charge in [0.2, 0.25) is 0 Å². The highest BCUT2D eigenvalue weighted by atomic mass is 127. The molecular weight excluding hydrogens is 315 g/mol. The number of aromatic nitrogens is 2. The predicted octanol–water partition coefficient (Wildman–Crippen LogP) is 2.28. The lowest BCUT2D eigenvalue weighted by Crippen LogP contribution is -2.23. The van der Waals surface area contributed by atoms with Crippen LogP contribution in [0.4, 0.5) is 0 Å². The van der Waals surface area contributed by atoms with Crippen molar-refractivity contribution in [3.63, 3.8) is 0 Å². The van der Waals surface area contributed by atoms with Crippen molar-refractivity contribution >= 4 is 22.6 Å². The maximum Gasteiger partial charge on any atom is 0.130 e. The van der Waals surface area contributed by atoms with Gasteiger partial charge in [-0.3, -0.25) is 0 Å². The van der Waals surface area contributed by atoms with Gasteiger partial charge in [-0.05, 0) is 47.2 Å². The number of imidazole rings is 1. The summed E-state index contributed by atoms with van der Waals surface area (Å²) >= 11 is 2.24. The van der Waals surface area contributed by atoms with E-state index in [0.29, 0.717) is 5.69 Å². The molecule has 0 radical (unpaired) electrons. The average molecular weight is 328 g/mol. The van der Waals surface area contributed by atoms with Crippen LogP contribution in [0.3, 0.4) is 0 Å². The van der Waals surface area contributed by atoms with E-state index in [2.05, 4.69) is 27.6 Å². The minimum Gasteiger partial charge on any atom is -0.379 e. The molecule has 0 saturated heterocycles. The third-order valence-electron chi connectivity index (χ3n) is 2.61. The van der Waals surface area contributed by atoms with Crippen molar-refractivity contribution < 1.29 is 5.11 Å². The first kappa shape index (κ1) is 11.6. The molecule has 16 heavy (non-hydrogen) atoms. The minimum absolute atomic E-state index is 0.663. The highest BCUT2D eigenvalue weighted by molar-refractivity contribution is 14.1. The average Bonchev–Trinajstić information content (AvgIpc) is 2.66. The molecule has 3 nitrogen and oxygen atoms in total. The van der Waals surface area contributed by atoms with Gasteiger partial charge in [-0.2, -0.15) is 0 Å². The summed E-state index contributed by atoms with van der Waals surface area (Å²) in [5.74, 6) is 0. The number of rotatable bonds is 2. The summed E-state index contributed by atoms with van der Waals surface area (Å²) in [5, 5.41) is 10.5. The van der Waals surface area contributed by atoms with Gasteiger partial charge >= 0.3 is 0 Å². The van der Waals surface area contributed by atoms with Gasteiger partial charge in [0.05, 0.1) is 12.0 Å². The van der Waals surface area contributed by atoms with Crippen LogP contribution < -0.4 is 0 Å². The lowest BCUT2D eigenvalue weighted by atomic mass is 9.93. The SMILES string of the molecule is Cn1cnc([C@](C)(O)c2ccc(I)cc2)c1. The lowest BCUT2D eigenvalue weighted by molar-refractivity contribution is 0.0977. The van der Waals surface area contributed by atoms with E-state index >= 15 is 0 Å². The highest BCUT2D eigenvalue weighted by Crippen LogP contribution is 2.27. The Morgan fingerprint density at radius 2 is 1.94 bits per heavy atom. The van der Waals surface area contributed by atoms with Gasteiger partial charge < -0.3 is 9.67 Å². The fourth-order valence-electron chi connectivity index (χ4n) is 1.59. The Bertz CT molecular complexity index is 488. The largest absolute Gasteiger partial charge is 0.379 e. The van der Waals surface area contributed by atoms with E-state index in [-0.39, 0.29) is 0 Å². The zero-order chi connectivity index (χ0) is 11.8. The number of nitrogens with zero attached hydrogens (tertiary/aromatic N) is 2. The van der Waals surface area contributed by atoms with Gasteiger partial charge in [-0.15, -0.1) is 0 Å². The van der Waals surface area contributed by atoms with E-state index in [1.807, 2.05) is 42.1 Å². The Kier molecular flexibility index (Phi) is 3.03. The summed E-state index contributed by atoms with van der Waals surface area (Å²) in [6, 6.07) is 7.81. The fraction of sp³-hybridized carbons (Fsp3) is 0.250. The molecule has 4 heteroatoms. The van der Waals surface area contributed by atoms with E-state index < -0.39 is 5.60 Å². The molecule has 2 aromatic rings. The molecule has 1 aromatic heterocycles.